The molecule has 0 radical (unpaired) electrons. The standard InChI is InChI=1S/C23H28N4O5/c1-23(2,3)25-19(28)16-10-6-14(7-11-16)15-8-12-17(13-9-15)22(31)27(5)18(20(29)24-4)21(30)26-32/h6-13,18,32H,1-5H3,(H,24,29)(H,25,28)(H,26,30). The van der Waals surface area contributed by atoms with Gasteiger partial charge < -0.3 is 15.5 Å². The highest BCUT2D eigenvalue weighted by Crippen LogP contribution is 2.21. The van der Waals surface area contributed by atoms with E-state index >= 15 is 0 Å². The smallest absolute Gasteiger partial charge is 0.275 e. The summed E-state index contributed by atoms with van der Waals surface area (Å²) in [6, 6.07) is 12.2. The van der Waals surface area contributed by atoms with Crippen LogP contribution in [0.15, 0.2) is 48.5 Å². The third kappa shape index (κ3) is 5.92. The number of likely N-dealkylation sites (N-methyl/N-ethyl adjacent to an activating group) is 2. The summed E-state index contributed by atoms with van der Waals surface area (Å²) >= 11 is 0. The largest absolute Gasteiger partial charge is 0.357 e. The average Bonchev–Trinajstić information content (AvgIpc) is 2.77. The van der Waals surface area contributed by atoms with Gasteiger partial charge >= 0.3 is 0 Å². The lowest BCUT2D eigenvalue weighted by Gasteiger charge is -2.25. The number of amides is 4. The lowest BCUT2D eigenvalue weighted by molar-refractivity contribution is -0.140. The molecule has 0 saturated carbocycles. The number of benzene rings is 2. The van der Waals surface area contributed by atoms with E-state index < -0.39 is 23.8 Å². The molecule has 0 aliphatic rings. The van der Waals surface area contributed by atoms with E-state index in [0.29, 0.717) is 5.56 Å². The van der Waals surface area contributed by atoms with E-state index in [-0.39, 0.29) is 17.0 Å². The number of hydroxylamine groups is 1. The minimum atomic E-state index is -1.52. The van der Waals surface area contributed by atoms with E-state index in [9.17, 15) is 19.2 Å². The Bertz CT molecular complexity index is 979. The second kappa shape index (κ2) is 10.1. The quantitative estimate of drug-likeness (QED) is 0.308. The summed E-state index contributed by atoms with van der Waals surface area (Å²) in [5, 5.41) is 14.1. The van der Waals surface area contributed by atoms with Crippen molar-refractivity contribution in [3.8, 4) is 11.1 Å². The van der Waals surface area contributed by atoms with Gasteiger partial charge in [-0.15, -0.1) is 0 Å². The first-order chi connectivity index (χ1) is 15.0. The minimum absolute atomic E-state index is 0.161. The Kier molecular flexibility index (Phi) is 7.72. The minimum Gasteiger partial charge on any atom is -0.357 e. The summed E-state index contributed by atoms with van der Waals surface area (Å²) in [5.41, 5.74) is 3.55. The summed E-state index contributed by atoms with van der Waals surface area (Å²) in [7, 11) is 2.62. The Morgan fingerprint density at radius 3 is 1.72 bits per heavy atom. The second-order valence-corrected chi connectivity index (χ2v) is 8.27. The molecule has 0 fully saturated rings. The Morgan fingerprint density at radius 2 is 1.31 bits per heavy atom. The fourth-order valence-corrected chi connectivity index (χ4v) is 3.02. The van der Waals surface area contributed by atoms with E-state index in [1.807, 2.05) is 32.9 Å². The Labute approximate surface area is 186 Å². The lowest BCUT2D eigenvalue weighted by Crippen LogP contribution is -2.54. The van der Waals surface area contributed by atoms with Crippen molar-refractivity contribution < 1.29 is 24.4 Å². The highest BCUT2D eigenvalue weighted by atomic mass is 16.5. The fraction of sp³-hybridized carbons (Fsp3) is 0.304. The average molecular weight is 441 g/mol. The predicted octanol–water partition coefficient (Wildman–Crippen LogP) is 1.57. The zero-order valence-corrected chi connectivity index (χ0v) is 18.7. The van der Waals surface area contributed by atoms with Crippen LogP contribution in [-0.2, 0) is 9.59 Å². The monoisotopic (exact) mass is 440 g/mol. The van der Waals surface area contributed by atoms with E-state index in [0.717, 1.165) is 16.0 Å². The predicted molar refractivity (Wildman–Crippen MR) is 119 cm³/mol. The molecule has 9 nitrogen and oxygen atoms in total. The van der Waals surface area contributed by atoms with E-state index in [2.05, 4.69) is 10.6 Å². The van der Waals surface area contributed by atoms with E-state index in [1.54, 1.807) is 36.4 Å². The third-order valence-corrected chi connectivity index (χ3v) is 4.66. The van der Waals surface area contributed by atoms with Crippen LogP contribution in [0.2, 0.25) is 0 Å². The normalized spacial score (nSPS) is 11.8. The number of hydrogen-bond donors (Lipinski definition) is 4. The van der Waals surface area contributed by atoms with Crippen molar-refractivity contribution in [3.63, 3.8) is 0 Å². The van der Waals surface area contributed by atoms with Crippen molar-refractivity contribution in [2.45, 2.75) is 32.4 Å². The molecule has 0 bridgehead atoms. The van der Waals surface area contributed by atoms with Gasteiger partial charge in [-0.2, -0.15) is 0 Å². The van der Waals surface area contributed by atoms with Gasteiger partial charge in [-0.05, 0) is 56.2 Å². The van der Waals surface area contributed by atoms with E-state index in [4.69, 9.17) is 5.21 Å². The number of nitrogens with zero attached hydrogens (tertiary/aromatic N) is 1. The molecule has 2 aromatic carbocycles. The molecular formula is C23H28N4O5. The summed E-state index contributed by atoms with van der Waals surface area (Å²) in [6.45, 7) is 5.73. The third-order valence-electron chi connectivity index (χ3n) is 4.66. The molecule has 4 amide bonds. The number of nitrogens with one attached hydrogen (secondary N) is 3. The maximum Gasteiger partial charge on any atom is 0.275 e. The molecular weight excluding hydrogens is 412 g/mol. The zero-order valence-electron chi connectivity index (χ0n) is 18.7. The van der Waals surface area contributed by atoms with Crippen molar-refractivity contribution in [2.24, 2.45) is 0 Å². The topological polar surface area (TPSA) is 128 Å². The molecule has 0 aromatic heterocycles. The van der Waals surface area contributed by atoms with Crippen LogP contribution >= 0.6 is 0 Å². The highest BCUT2D eigenvalue weighted by Gasteiger charge is 2.33. The lowest BCUT2D eigenvalue weighted by atomic mass is 10.0. The first-order valence-electron chi connectivity index (χ1n) is 9.94. The number of carbonyl (C=O) groups excluding carboxylic acids is 4. The van der Waals surface area contributed by atoms with Crippen LogP contribution in [0.3, 0.4) is 0 Å². The first-order valence-corrected chi connectivity index (χ1v) is 9.94. The van der Waals surface area contributed by atoms with Gasteiger partial charge in [0.1, 0.15) is 0 Å². The molecule has 2 rings (SSSR count). The second-order valence-electron chi connectivity index (χ2n) is 8.27. The van der Waals surface area contributed by atoms with Gasteiger partial charge in [0.2, 0.25) is 0 Å². The molecule has 9 heteroatoms. The van der Waals surface area contributed by atoms with Gasteiger partial charge in [-0.1, -0.05) is 24.3 Å². The van der Waals surface area contributed by atoms with Gasteiger partial charge in [0.25, 0.3) is 23.6 Å². The molecule has 0 aliphatic carbocycles. The Balaban J connectivity index is 2.18. The maximum absolute atomic E-state index is 12.7. The van der Waals surface area contributed by atoms with Crippen molar-refractivity contribution in [1.82, 2.24) is 21.0 Å². The summed E-state index contributed by atoms with van der Waals surface area (Å²) in [4.78, 5) is 49.8. The summed E-state index contributed by atoms with van der Waals surface area (Å²) in [5.74, 6) is -2.49. The van der Waals surface area contributed by atoms with Gasteiger partial charge in [0.05, 0.1) is 0 Å². The maximum atomic E-state index is 12.7. The van der Waals surface area contributed by atoms with Gasteiger partial charge in [0.15, 0.2) is 6.04 Å². The van der Waals surface area contributed by atoms with Crippen LogP contribution in [0.5, 0.6) is 0 Å². The van der Waals surface area contributed by atoms with Crippen LogP contribution in [-0.4, -0.2) is 59.4 Å². The van der Waals surface area contributed by atoms with Crippen LogP contribution in [0.1, 0.15) is 41.5 Å². The van der Waals surface area contributed by atoms with Crippen LogP contribution in [0.25, 0.3) is 11.1 Å². The Morgan fingerprint density at radius 1 is 0.844 bits per heavy atom. The highest BCUT2D eigenvalue weighted by molar-refractivity contribution is 6.08. The van der Waals surface area contributed by atoms with Gasteiger partial charge in [0, 0.05) is 30.8 Å². The van der Waals surface area contributed by atoms with Gasteiger partial charge in [-0.3, -0.25) is 24.4 Å². The molecule has 32 heavy (non-hydrogen) atoms. The van der Waals surface area contributed by atoms with Crippen LogP contribution in [0, 0.1) is 0 Å². The van der Waals surface area contributed by atoms with Crippen molar-refractivity contribution in [2.75, 3.05) is 14.1 Å². The summed E-state index contributed by atoms with van der Waals surface area (Å²) < 4.78 is 0. The molecule has 0 aliphatic heterocycles. The van der Waals surface area contributed by atoms with Crippen LogP contribution < -0.4 is 16.1 Å². The van der Waals surface area contributed by atoms with Crippen LogP contribution in [0.4, 0.5) is 0 Å². The SMILES string of the molecule is CNC(=O)C(C(=O)NO)N(C)C(=O)c1ccc(-c2ccc(C(=O)NC(C)(C)C)cc2)cc1. The van der Waals surface area contributed by atoms with Crippen molar-refractivity contribution in [3.05, 3.63) is 59.7 Å². The fourth-order valence-electron chi connectivity index (χ4n) is 3.02. The van der Waals surface area contributed by atoms with Crippen molar-refractivity contribution >= 4 is 23.6 Å². The van der Waals surface area contributed by atoms with Crippen molar-refractivity contribution in [1.29, 1.82) is 0 Å². The zero-order chi connectivity index (χ0) is 24.1. The molecule has 1 unspecified atom stereocenters. The van der Waals surface area contributed by atoms with E-state index in [1.165, 1.54) is 19.6 Å². The first kappa shape index (κ1) is 24.5. The molecule has 4 N–H and O–H groups in total. The molecule has 0 spiro atoms. The molecule has 2 aromatic rings. The number of carbonyl (C=O) groups is 4. The number of rotatable bonds is 6. The molecule has 170 valence electrons. The van der Waals surface area contributed by atoms with Gasteiger partial charge in [-0.25, -0.2) is 5.48 Å². The Hall–Kier alpha value is -3.72. The summed E-state index contributed by atoms with van der Waals surface area (Å²) in [6.07, 6.45) is 0. The number of hydrogen-bond acceptors (Lipinski definition) is 5. The molecule has 0 heterocycles. The molecule has 1 atom stereocenters. The molecule has 0 saturated heterocycles.